The summed E-state index contributed by atoms with van der Waals surface area (Å²) in [5, 5.41) is 8.89. The first-order chi connectivity index (χ1) is 8.59. The Morgan fingerprint density at radius 2 is 1.61 bits per heavy atom. The molecule has 18 heavy (non-hydrogen) atoms. The van der Waals surface area contributed by atoms with E-state index in [2.05, 4.69) is 56.9 Å². The van der Waals surface area contributed by atoms with Crippen LogP contribution in [0.15, 0.2) is 12.1 Å². The molecule has 1 aromatic heterocycles. The van der Waals surface area contributed by atoms with E-state index < -0.39 is 0 Å². The Balaban J connectivity index is 2.79. The minimum Gasteiger partial charge on any atom is -0.155 e. The van der Waals surface area contributed by atoms with Crippen LogP contribution >= 0.6 is 0 Å². The van der Waals surface area contributed by atoms with E-state index in [0.717, 1.165) is 36.6 Å². The van der Waals surface area contributed by atoms with Crippen molar-refractivity contribution in [2.24, 2.45) is 5.92 Å². The van der Waals surface area contributed by atoms with Gasteiger partial charge >= 0.3 is 0 Å². The molecule has 0 spiro atoms. The SMILES string of the molecule is CCC(CC)Cc1ccc(C(C)(CC)CC)nn1. The van der Waals surface area contributed by atoms with Gasteiger partial charge in [0.15, 0.2) is 0 Å². The molecule has 0 saturated heterocycles. The molecule has 0 aromatic carbocycles. The van der Waals surface area contributed by atoms with Crippen molar-refractivity contribution >= 4 is 0 Å². The van der Waals surface area contributed by atoms with Crippen molar-refractivity contribution < 1.29 is 0 Å². The van der Waals surface area contributed by atoms with Gasteiger partial charge in [0.25, 0.3) is 0 Å². The lowest BCUT2D eigenvalue weighted by atomic mass is 9.81. The molecule has 0 bridgehead atoms. The molecule has 0 unspecified atom stereocenters. The van der Waals surface area contributed by atoms with E-state index in [1.807, 2.05) is 0 Å². The van der Waals surface area contributed by atoms with Crippen LogP contribution in [0.3, 0.4) is 0 Å². The number of nitrogens with zero attached hydrogens (tertiary/aromatic N) is 2. The molecule has 2 nitrogen and oxygen atoms in total. The highest BCUT2D eigenvalue weighted by atomic mass is 15.1. The molecule has 0 radical (unpaired) electrons. The topological polar surface area (TPSA) is 25.8 Å². The second-order valence-electron chi connectivity index (χ2n) is 5.56. The predicted molar refractivity (Wildman–Crippen MR) is 77.7 cm³/mol. The molecule has 0 aliphatic heterocycles. The highest BCUT2D eigenvalue weighted by molar-refractivity contribution is 5.16. The summed E-state index contributed by atoms with van der Waals surface area (Å²) >= 11 is 0. The molecule has 1 heterocycles. The number of hydrogen-bond acceptors (Lipinski definition) is 2. The van der Waals surface area contributed by atoms with Gasteiger partial charge in [-0.25, -0.2) is 0 Å². The average Bonchev–Trinajstić information content (AvgIpc) is 2.44. The molecule has 2 heteroatoms. The summed E-state index contributed by atoms with van der Waals surface area (Å²) in [6, 6.07) is 4.35. The van der Waals surface area contributed by atoms with Crippen LogP contribution in [-0.4, -0.2) is 10.2 Å². The van der Waals surface area contributed by atoms with Gasteiger partial charge in [-0.3, -0.25) is 0 Å². The van der Waals surface area contributed by atoms with E-state index in [1.54, 1.807) is 0 Å². The van der Waals surface area contributed by atoms with Gasteiger partial charge in [0.05, 0.1) is 11.4 Å². The maximum atomic E-state index is 4.46. The third-order valence-electron chi connectivity index (χ3n) is 4.55. The fourth-order valence-electron chi connectivity index (χ4n) is 2.28. The first-order valence-corrected chi connectivity index (χ1v) is 7.42. The van der Waals surface area contributed by atoms with Crippen molar-refractivity contribution in [3.05, 3.63) is 23.5 Å². The number of aromatic nitrogens is 2. The van der Waals surface area contributed by atoms with E-state index in [4.69, 9.17) is 0 Å². The van der Waals surface area contributed by atoms with Crippen molar-refractivity contribution in [2.75, 3.05) is 0 Å². The Morgan fingerprint density at radius 3 is 2.00 bits per heavy atom. The molecule has 0 amide bonds. The van der Waals surface area contributed by atoms with Crippen LogP contribution < -0.4 is 0 Å². The Kier molecular flexibility index (Phi) is 5.77. The van der Waals surface area contributed by atoms with Crippen molar-refractivity contribution in [1.29, 1.82) is 0 Å². The molecular formula is C16H28N2. The first-order valence-electron chi connectivity index (χ1n) is 7.42. The standard InChI is InChI=1S/C16H28N2/c1-6-13(7-2)12-14-10-11-15(18-17-14)16(5,8-3)9-4/h10-11,13H,6-9,12H2,1-5H3. The van der Waals surface area contributed by atoms with Gasteiger partial charge in [-0.1, -0.05) is 47.5 Å². The van der Waals surface area contributed by atoms with Gasteiger partial charge in [0.2, 0.25) is 0 Å². The Labute approximate surface area is 112 Å². The maximum absolute atomic E-state index is 4.46. The highest BCUT2D eigenvalue weighted by Crippen LogP contribution is 2.29. The van der Waals surface area contributed by atoms with Gasteiger partial charge in [-0.2, -0.15) is 10.2 Å². The number of hydrogen-bond donors (Lipinski definition) is 0. The van der Waals surface area contributed by atoms with Crippen LogP contribution in [0.4, 0.5) is 0 Å². The monoisotopic (exact) mass is 248 g/mol. The fraction of sp³-hybridized carbons (Fsp3) is 0.750. The van der Waals surface area contributed by atoms with Crippen LogP contribution in [0.25, 0.3) is 0 Å². The third-order valence-corrected chi connectivity index (χ3v) is 4.55. The normalized spacial score (nSPS) is 12.1. The Morgan fingerprint density at radius 1 is 1.00 bits per heavy atom. The molecule has 0 fully saturated rings. The van der Waals surface area contributed by atoms with Crippen LogP contribution in [0.1, 0.15) is 71.7 Å². The second-order valence-corrected chi connectivity index (χ2v) is 5.56. The van der Waals surface area contributed by atoms with Gasteiger partial charge in [0, 0.05) is 5.41 Å². The van der Waals surface area contributed by atoms with Gasteiger partial charge in [-0.05, 0) is 37.3 Å². The summed E-state index contributed by atoms with van der Waals surface area (Å²) in [5.41, 5.74) is 2.46. The van der Waals surface area contributed by atoms with Crippen molar-refractivity contribution in [1.82, 2.24) is 10.2 Å². The summed E-state index contributed by atoms with van der Waals surface area (Å²) in [4.78, 5) is 0. The molecule has 0 atom stereocenters. The molecule has 0 aliphatic rings. The van der Waals surface area contributed by atoms with Crippen molar-refractivity contribution in [2.45, 2.75) is 72.1 Å². The van der Waals surface area contributed by atoms with Crippen molar-refractivity contribution in [3.8, 4) is 0 Å². The van der Waals surface area contributed by atoms with E-state index >= 15 is 0 Å². The van der Waals surface area contributed by atoms with E-state index in [-0.39, 0.29) is 5.41 Å². The van der Waals surface area contributed by atoms with Crippen LogP contribution in [0.2, 0.25) is 0 Å². The van der Waals surface area contributed by atoms with Crippen LogP contribution in [0.5, 0.6) is 0 Å². The van der Waals surface area contributed by atoms with Crippen molar-refractivity contribution in [3.63, 3.8) is 0 Å². The molecule has 1 aromatic rings. The van der Waals surface area contributed by atoms with Crippen LogP contribution in [0, 0.1) is 5.92 Å². The lowest BCUT2D eigenvalue weighted by Crippen LogP contribution is -2.22. The highest BCUT2D eigenvalue weighted by Gasteiger charge is 2.24. The summed E-state index contributed by atoms with van der Waals surface area (Å²) in [7, 11) is 0. The smallest absolute Gasteiger partial charge is 0.0690 e. The predicted octanol–water partition coefficient (Wildman–Crippen LogP) is 4.53. The largest absolute Gasteiger partial charge is 0.155 e. The lowest BCUT2D eigenvalue weighted by molar-refractivity contribution is 0.418. The molecular weight excluding hydrogens is 220 g/mol. The zero-order chi connectivity index (χ0) is 13.6. The minimum atomic E-state index is 0.181. The zero-order valence-corrected chi connectivity index (χ0v) is 12.7. The van der Waals surface area contributed by atoms with E-state index in [9.17, 15) is 0 Å². The maximum Gasteiger partial charge on any atom is 0.0690 e. The zero-order valence-electron chi connectivity index (χ0n) is 12.7. The van der Waals surface area contributed by atoms with Gasteiger partial charge in [0.1, 0.15) is 0 Å². The third kappa shape index (κ3) is 3.54. The summed E-state index contributed by atoms with van der Waals surface area (Å²) < 4.78 is 0. The second kappa shape index (κ2) is 6.86. The summed E-state index contributed by atoms with van der Waals surface area (Å²) in [6.07, 6.45) is 5.74. The van der Waals surface area contributed by atoms with E-state index in [1.165, 1.54) is 12.8 Å². The first kappa shape index (κ1) is 15.1. The quantitative estimate of drug-likeness (QED) is 0.708. The minimum absolute atomic E-state index is 0.181. The number of rotatable bonds is 7. The molecule has 1 rings (SSSR count). The lowest BCUT2D eigenvalue weighted by Gasteiger charge is -2.25. The Bertz CT molecular complexity index is 335. The fourth-order valence-corrected chi connectivity index (χ4v) is 2.28. The van der Waals surface area contributed by atoms with E-state index in [0.29, 0.717) is 0 Å². The average molecular weight is 248 g/mol. The Hall–Kier alpha value is -0.920. The van der Waals surface area contributed by atoms with Gasteiger partial charge in [-0.15, -0.1) is 0 Å². The molecule has 0 aliphatic carbocycles. The van der Waals surface area contributed by atoms with Gasteiger partial charge < -0.3 is 0 Å². The van der Waals surface area contributed by atoms with Crippen LogP contribution in [-0.2, 0) is 11.8 Å². The summed E-state index contributed by atoms with van der Waals surface area (Å²) in [5.74, 6) is 0.744. The summed E-state index contributed by atoms with van der Waals surface area (Å²) in [6.45, 7) is 11.2. The molecule has 0 saturated carbocycles. The molecule has 102 valence electrons. The molecule has 0 N–H and O–H groups in total.